The van der Waals surface area contributed by atoms with E-state index in [0.29, 0.717) is 11.4 Å². The van der Waals surface area contributed by atoms with Crippen molar-refractivity contribution in [1.29, 1.82) is 5.26 Å². The molecule has 0 saturated heterocycles. The molecule has 1 saturated carbocycles. The summed E-state index contributed by atoms with van der Waals surface area (Å²) in [6, 6.07) is 2.18. The second-order valence-corrected chi connectivity index (χ2v) is 5.18. The van der Waals surface area contributed by atoms with Gasteiger partial charge in [0.05, 0.1) is 5.57 Å². The summed E-state index contributed by atoms with van der Waals surface area (Å²) < 4.78 is 1.61. The molecule has 1 fully saturated rings. The number of fused-ring (bicyclic) bond motifs is 2. The molecule has 1 aromatic heterocycles. The van der Waals surface area contributed by atoms with Gasteiger partial charge in [-0.25, -0.2) is 4.68 Å². The lowest BCUT2D eigenvalue weighted by Gasteiger charge is -2.40. The quantitative estimate of drug-likeness (QED) is 0.666. The summed E-state index contributed by atoms with van der Waals surface area (Å²) in [5.74, 6) is -0.0273. The van der Waals surface area contributed by atoms with Gasteiger partial charge in [0.15, 0.2) is 11.5 Å². The monoisotopic (exact) mass is 273 g/mol. The van der Waals surface area contributed by atoms with E-state index in [0.717, 1.165) is 32.1 Å². The predicted octanol–water partition coefficient (Wildman–Crippen LogP) is 0.156. The molecule has 1 aliphatic heterocycles. The van der Waals surface area contributed by atoms with Gasteiger partial charge in [0.2, 0.25) is 0 Å². The minimum Gasteiger partial charge on any atom is -0.384 e. The standard InChI is InChI=1S/C12H15N7O/c13-6-7-9(14)16-11-8(10(15)20)17-18-19(11)12(7)4-2-1-3-5-12/h16H,1-5,14H2,(H2,15,20). The van der Waals surface area contributed by atoms with Crippen LogP contribution < -0.4 is 16.8 Å². The maximum Gasteiger partial charge on any atom is 0.273 e. The number of nitrogens with two attached hydrogens (primary N) is 2. The molecular formula is C12H15N7O. The molecule has 1 aromatic rings. The maximum absolute atomic E-state index is 11.4. The van der Waals surface area contributed by atoms with E-state index >= 15 is 0 Å². The van der Waals surface area contributed by atoms with Crippen molar-refractivity contribution in [2.45, 2.75) is 37.6 Å². The van der Waals surface area contributed by atoms with Crippen molar-refractivity contribution < 1.29 is 4.79 Å². The molecule has 1 aliphatic carbocycles. The molecule has 8 heteroatoms. The molecule has 2 heterocycles. The normalized spacial score (nSPS) is 20.1. The van der Waals surface area contributed by atoms with Gasteiger partial charge in [-0.1, -0.05) is 24.5 Å². The number of allylic oxidation sites excluding steroid dienone is 1. The molecule has 0 bridgehead atoms. The van der Waals surface area contributed by atoms with E-state index in [4.69, 9.17) is 11.5 Å². The number of anilines is 1. The average Bonchev–Trinajstić information content (AvgIpc) is 2.84. The van der Waals surface area contributed by atoms with Gasteiger partial charge in [-0.3, -0.25) is 4.79 Å². The summed E-state index contributed by atoms with van der Waals surface area (Å²) >= 11 is 0. The number of aromatic nitrogens is 3. The fraction of sp³-hybridized carbons (Fsp3) is 0.500. The van der Waals surface area contributed by atoms with Crippen LogP contribution in [-0.2, 0) is 5.54 Å². The number of carbonyl (C=O) groups excluding carboxylic acids is 1. The highest BCUT2D eigenvalue weighted by Gasteiger charge is 2.46. The number of nitriles is 1. The largest absolute Gasteiger partial charge is 0.384 e. The maximum atomic E-state index is 11.4. The van der Waals surface area contributed by atoms with Crippen LogP contribution in [-0.4, -0.2) is 20.9 Å². The summed E-state index contributed by atoms with van der Waals surface area (Å²) in [6.07, 6.45) is 4.58. The highest BCUT2D eigenvalue weighted by Crippen LogP contribution is 2.45. The topological polar surface area (TPSA) is 136 Å². The first kappa shape index (κ1) is 12.5. The molecule has 2 aliphatic rings. The molecule has 0 atom stereocenters. The van der Waals surface area contributed by atoms with Gasteiger partial charge in [-0.2, -0.15) is 5.26 Å². The second kappa shape index (κ2) is 4.23. The van der Waals surface area contributed by atoms with Crippen molar-refractivity contribution in [3.8, 4) is 6.07 Å². The van der Waals surface area contributed by atoms with Crippen molar-refractivity contribution in [1.82, 2.24) is 15.0 Å². The Balaban J connectivity index is 2.22. The number of nitrogens with zero attached hydrogens (tertiary/aromatic N) is 4. The van der Waals surface area contributed by atoms with Crippen LogP contribution in [0.1, 0.15) is 42.6 Å². The Morgan fingerprint density at radius 2 is 2.10 bits per heavy atom. The van der Waals surface area contributed by atoms with E-state index in [9.17, 15) is 10.1 Å². The summed E-state index contributed by atoms with van der Waals surface area (Å²) in [5.41, 5.74) is 11.2. The molecule has 0 radical (unpaired) electrons. The lowest BCUT2D eigenvalue weighted by molar-refractivity contribution is 0.0996. The van der Waals surface area contributed by atoms with E-state index in [2.05, 4.69) is 21.7 Å². The van der Waals surface area contributed by atoms with Gasteiger partial charge in [-0.15, -0.1) is 5.10 Å². The van der Waals surface area contributed by atoms with Gasteiger partial charge in [-0.05, 0) is 12.8 Å². The predicted molar refractivity (Wildman–Crippen MR) is 70.0 cm³/mol. The zero-order valence-electron chi connectivity index (χ0n) is 10.9. The Labute approximate surface area is 115 Å². The molecule has 20 heavy (non-hydrogen) atoms. The number of amides is 1. The van der Waals surface area contributed by atoms with Crippen molar-refractivity contribution in [3.63, 3.8) is 0 Å². The first-order valence-corrected chi connectivity index (χ1v) is 6.53. The molecule has 104 valence electrons. The Morgan fingerprint density at radius 1 is 1.40 bits per heavy atom. The number of hydrogen-bond donors (Lipinski definition) is 3. The first-order valence-electron chi connectivity index (χ1n) is 6.53. The summed E-state index contributed by atoms with van der Waals surface area (Å²) in [4.78, 5) is 11.4. The van der Waals surface area contributed by atoms with Gasteiger partial charge in [0.1, 0.15) is 17.4 Å². The third-order valence-electron chi connectivity index (χ3n) is 4.09. The van der Waals surface area contributed by atoms with Crippen LogP contribution in [0.3, 0.4) is 0 Å². The fourth-order valence-electron chi connectivity index (χ4n) is 3.17. The lowest BCUT2D eigenvalue weighted by Crippen LogP contribution is -2.44. The molecule has 5 N–H and O–H groups in total. The van der Waals surface area contributed by atoms with Gasteiger partial charge in [0.25, 0.3) is 5.91 Å². The molecule has 1 amide bonds. The molecule has 8 nitrogen and oxygen atoms in total. The summed E-state index contributed by atoms with van der Waals surface area (Å²) in [6.45, 7) is 0. The number of hydrogen-bond acceptors (Lipinski definition) is 6. The van der Waals surface area contributed by atoms with Crippen LogP contribution in [0, 0.1) is 11.3 Å². The van der Waals surface area contributed by atoms with Gasteiger partial charge >= 0.3 is 0 Å². The number of nitrogens with one attached hydrogen (secondary N) is 1. The molecule has 3 rings (SSSR count). The minimum atomic E-state index is -0.669. The van der Waals surface area contributed by atoms with Crippen molar-refractivity contribution in [2.75, 3.05) is 5.32 Å². The van der Waals surface area contributed by atoms with E-state index in [1.54, 1.807) is 4.68 Å². The number of carbonyl (C=O) groups is 1. The van der Waals surface area contributed by atoms with Gasteiger partial charge < -0.3 is 16.8 Å². The lowest BCUT2D eigenvalue weighted by atomic mass is 9.75. The minimum absolute atomic E-state index is 0.0508. The first-order chi connectivity index (χ1) is 9.60. The SMILES string of the molecule is N#CC1=C(N)Nc2c(C(N)=O)nnn2C12CCCCC2. The van der Waals surface area contributed by atoms with E-state index in [-0.39, 0.29) is 11.5 Å². The van der Waals surface area contributed by atoms with Crippen LogP contribution in [0.2, 0.25) is 0 Å². The Hall–Kier alpha value is -2.56. The highest BCUT2D eigenvalue weighted by molar-refractivity contribution is 5.96. The Morgan fingerprint density at radius 3 is 2.70 bits per heavy atom. The van der Waals surface area contributed by atoms with Crippen molar-refractivity contribution >= 4 is 11.7 Å². The van der Waals surface area contributed by atoms with Crippen molar-refractivity contribution in [3.05, 3.63) is 17.1 Å². The summed E-state index contributed by atoms with van der Waals surface area (Å²) in [5, 5.41) is 20.2. The molecule has 1 spiro atoms. The van der Waals surface area contributed by atoms with Crippen LogP contribution >= 0.6 is 0 Å². The van der Waals surface area contributed by atoms with Gasteiger partial charge in [0, 0.05) is 0 Å². The second-order valence-electron chi connectivity index (χ2n) is 5.18. The Bertz CT molecular complexity index is 645. The third kappa shape index (κ3) is 1.49. The van der Waals surface area contributed by atoms with Crippen LogP contribution in [0.25, 0.3) is 0 Å². The van der Waals surface area contributed by atoms with Crippen LogP contribution in [0.5, 0.6) is 0 Å². The fourth-order valence-corrected chi connectivity index (χ4v) is 3.17. The zero-order valence-corrected chi connectivity index (χ0v) is 10.9. The van der Waals surface area contributed by atoms with Crippen LogP contribution in [0.4, 0.5) is 5.82 Å². The number of rotatable bonds is 1. The third-order valence-corrected chi connectivity index (χ3v) is 4.09. The molecule has 0 aromatic carbocycles. The zero-order chi connectivity index (χ0) is 14.3. The summed E-state index contributed by atoms with van der Waals surface area (Å²) in [7, 11) is 0. The average molecular weight is 273 g/mol. The Kier molecular flexibility index (Phi) is 2.64. The molecular weight excluding hydrogens is 258 g/mol. The molecule has 0 unspecified atom stereocenters. The van der Waals surface area contributed by atoms with Crippen molar-refractivity contribution in [2.24, 2.45) is 11.5 Å². The van der Waals surface area contributed by atoms with E-state index in [1.807, 2.05) is 0 Å². The van der Waals surface area contributed by atoms with E-state index < -0.39 is 11.4 Å². The number of primary amides is 1. The van der Waals surface area contributed by atoms with Crippen LogP contribution in [0.15, 0.2) is 11.4 Å². The van der Waals surface area contributed by atoms with E-state index in [1.165, 1.54) is 0 Å². The highest BCUT2D eigenvalue weighted by atomic mass is 16.1. The smallest absolute Gasteiger partial charge is 0.273 e.